The smallest absolute Gasteiger partial charge is 0.252 e. The molecule has 110 valence electrons. The van der Waals surface area contributed by atoms with Gasteiger partial charge in [-0.1, -0.05) is 42.8 Å². The van der Waals surface area contributed by atoms with Crippen LogP contribution in [0.5, 0.6) is 0 Å². The number of amides is 1. The Morgan fingerprint density at radius 2 is 1.86 bits per heavy atom. The molecule has 1 amide bonds. The van der Waals surface area contributed by atoms with Gasteiger partial charge in [-0.2, -0.15) is 0 Å². The van der Waals surface area contributed by atoms with Crippen molar-refractivity contribution in [2.75, 3.05) is 0 Å². The van der Waals surface area contributed by atoms with Crippen molar-refractivity contribution in [1.82, 2.24) is 5.32 Å². The highest BCUT2D eigenvalue weighted by molar-refractivity contribution is 14.1. The summed E-state index contributed by atoms with van der Waals surface area (Å²) in [5.74, 6) is -0.0218. The third kappa shape index (κ3) is 4.06. The van der Waals surface area contributed by atoms with Crippen molar-refractivity contribution in [3.63, 3.8) is 0 Å². The van der Waals surface area contributed by atoms with Crippen LogP contribution in [0.25, 0.3) is 0 Å². The second kappa shape index (κ2) is 7.07. The van der Waals surface area contributed by atoms with Gasteiger partial charge in [0.25, 0.3) is 5.91 Å². The maximum Gasteiger partial charge on any atom is 0.252 e. The first-order valence-electron chi connectivity index (χ1n) is 7.17. The van der Waals surface area contributed by atoms with Gasteiger partial charge in [0.05, 0.1) is 11.6 Å². The van der Waals surface area contributed by atoms with Gasteiger partial charge in [0.15, 0.2) is 0 Å². The van der Waals surface area contributed by atoms with E-state index in [1.54, 1.807) is 0 Å². The fourth-order valence-electron chi connectivity index (χ4n) is 2.20. The van der Waals surface area contributed by atoms with Crippen LogP contribution in [-0.4, -0.2) is 5.91 Å². The molecule has 2 aromatic carbocycles. The molecule has 2 rings (SSSR count). The molecule has 0 saturated heterocycles. The van der Waals surface area contributed by atoms with Crippen molar-refractivity contribution in [2.45, 2.75) is 33.2 Å². The second-order valence-electron chi connectivity index (χ2n) is 5.27. The van der Waals surface area contributed by atoms with Gasteiger partial charge >= 0.3 is 0 Å². The van der Waals surface area contributed by atoms with Gasteiger partial charge in [0.1, 0.15) is 0 Å². The molecule has 0 unspecified atom stereocenters. The van der Waals surface area contributed by atoms with E-state index >= 15 is 0 Å². The average Bonchev–Trinajstić information content (AvgIpc) is 2.47. The average molecular weight is 393 g/mol. The number of carbonyl (C=O) groups excluding carboxylic acids is 1. The molecule has 3 heteroatoms. The van der Waals surface area contributed by atoms with Crippen LogP contribution in [0, 0.1) is 10.5 Å². The number of hydrogen-bond acceptors (Lipinski definition) is 1. The number of rotatable bonds is 4. The highest BCUT2D eigenvalue weighted by atomic mass is 127. The number of carbonyl (C=O) groups is 1. The predicted octanol–water partition coefficient (Wildman–Crippen LogP) is 4.65. The van der Waals surface area contributed by atoms with Gasteiger partial charge in [-0.3, -0.25) is 4.79 Å². The van der Waals surface area contributed by atoms with Crippen LogP contribution in [-0.2, 0) is 6.42 Å². The predicted molar refractivity (Wildman–Crippen MR) is 95.6 cm³/mol. The summed E-state index contributed by atoms with van der Waals surface area (Å²) in [7, 11) is 0. The van der Waals surface area contributed by atoms with E-state index in [0.29, 0.717) is 0 Å². The molecule has 0 radical (unpaired) electrons. The number of aryl methyl sites for hydroxylation is 2. The number of hydrogen-bond donors (Lipinski definition) is 1. The molecule has 0 heterocycles. The molecule has 0 aliphatic carbocycles. The van der Waals surface area contributed by atoms with Crippen molar-refractivity contribution in [2.24, 2.45) is 0 Å². The molecular formula is C18H20INO. The molecular weight excluding hydrogens is 373 g/mol. The van der Waals surface area contributed by atoms with E-state index < -0.39 is 0 Å². The number of benzene rings is 2. The van der Waals surface area contributed by atoms with E-state index in [2.05, 4.69) is 59.1 Å². The molecule has 21 heavy (non-hydrogen) atoms. The van der Waals surface area contributed by atoms with Crippen LogP contribution in [0.4, 0.5) is 0 Å². The van der Waals surface area contributed by atoms with E-state index in [4.69, 9.17) is 0 Å². The van der Waals surface area contributed by atoms with Gasteiger partial charge in [-0.25, -0.2) is 0 Å². The molecule has 1 atom stereocenters. The van der Waals surface area contributed by atoms with Crippen LogP contribution in [0.1, 0.15) is 46.9 Å². The maximum absolute atomic E-state index is 12.4. The molecule has 0 fully saturated rings. The zero-order valence-corrected chi connectivity index (χ0v) is 14.8. The van der Waals surface area contributed by atoms with Crippen molar-refractivity contribution in [3.05, 3.63) is 68.3 Å². The SMILES string of the molecule is CCc1ccc([C@H](C)NC(=O)c2ccc(C)cc2I)cc1. The lowest BCUT2D eigenvalue weighted by molar-refractivity contribution is 0.0939. The van der Waals surface area contributed by atoms with Crippen LogP contribution < -0.4 is 5.32 Å². The van der Waals surface area contributed by atoms with Gasteiger partial charge in [0.2, 0.25) is 0 Å². The molecule has 0 bridgehead atoms. The first kappa shape index (κ1) is 16.0. The Labute approximate surface area is 140 Å². The van der Waals surface area contributed by atoms with Gasteiger partial charge in [0, 0.05) is 3.57 Å². The molecule has 0 aliphatic heterocycles. The lowest BCUT2D eigenvalue weighted by atomic mass is 10.0. The second-order valence-corrected chi connectivity index (χ2v) is 6.44. The van der Waals surface area contributed by atoms with Crippen molar-refractivity contribution in [3.8, 4) is 0 Å². The molecule has 0 spiro atoms. The van der Waals surface area contributed by atoms with Crippen LogP contribution in [0.15, 0.2) is 42.5 Å². The van der Waals surface area contributed by atoms with Crippen LogP contribution >= 0.6 is 22.6 Å². The van der Waals surface area contributed by atoms with E-state index in [1.165, 1.54) is 11.1 Å². The summed E-state index contributed by atoms with van der Waals surface area (Å²) in [4.78, 5) is 12.4. The van der Waals surface area contributed by atoms with E-state index in [-0.39, 0.29) is 11.9 Å². The highest BCUT2D eigenvalue weighted by Crippen LogP contribution is 2.18. The molecule has 1 N–H and O–H groups in total. The van der Waals surface area contributed by atoms with Crippen LogP contribution in [0.2, 0.25) is 0 Å². The Morgan fingerprint density at radius 3 is 2.43 bits per heavy atom. The first-order chi connectivity index (χ1) is 10.0. The van der Waals surface area contributed by atoms with Crippen LogP contribution in [0.3, 0.4) is 0 Å². The Bertz CT molecular complexity index is 634. The van der Waals surface area contributed by atoms with Crippen molar-refractivity contribution < 1.29 is 4.79 Å². The van der Waals surface area contributed by atoms with Gasteiger partial charge < -0.3 is 5.32 Å². The minimum atomic E-state index is -0.0218. The Morgan fingerprint density at radius 1 is 1.19 bits per heavy atom. The number of nitrogens with one attached hydrogen (secondary N) is 1. The monoisotopic (exact) mass is 393 g/mol. The standard InChI is InChI=1S/C18H20INO/c1-4-14-6-8-15(9-7-14)13(3)20-18(21)16-10-5-12(2)11-17(16)19/h5-11,13H,4H2,1-3H3,(H,20,21)/t13-/m0/s1. The van der Waals surface area contributed by atoms with Crippen molar-refractivity contribution in [1.29, 1.82) is 0 Å². The van der Waals surface area contributed by atoms with Gasteiger partial charge in [-0.05, 0) is 66.1 Å². The summed E-state index contributed by atoms with van der Waals surface area (Å²) in [5.41, 5.74) is 4.34. The lowest BCUT2D eigenvalue weighted by Gasteiger charge is -2.15. The molecule has 0 aromatic heterocycles. The largest absolute Gasteiger partial charge is 0.345 e. The maximum atomic E-state index is 12.4. The quantitative estimate of drug-likeness (QED) is 0.753. The minimum Gasteiger partial charge on any atom is -0.345 e. The first-order valence-corrected chi connectivity index (χ1v) is 8.25. The summed E-state index contributed by atoms with van der Waals surface area (Å²) in [6.45, 7) is 6.18. The fourth-order valence-corrected chi connectivity index (χ4v) is 3.12. The normalized spacial score (nSPS) is 12.0. The molecule has 2 nitrogen and oxygen atoms in total. The number of halogens is 1. The Hall–Kier alpha value is -1.36. The van der Waals surface area contributed by atoms with E-state index in [1.807, 2.05) is 32.0 Å². The Kier molecular flexibility index (Phi) is 5.39. The Balaban J connectivity index is 2.10. The molecule has 0 aliphatic rings. The summed E-state index contributed by atoms with van der Waals surface area (Å²) in [5, 5.41) is 3.07. The fraction of sp³-hybridized carbons (Fsp3) is 0.278. The zero-order chi connectivity index (χ0) is 15.4. The summed E-state index contributed by atoms with van der Waals surface area (Å²) in [6.07, 6.45) is 1.03. The van der Waals surface area contributed by atoms with Crippen molar-refractivity contribution >= 4 is 28.5 Å². The summed E-state index contributed by atoms with van der Waals surface area (Å²) in [6, 6.07) is 14.3. The summed E-state index contributed by atoms with van der Waals surface area (Å²) >= 11 is 2.21. The third-order valence-corrected chi connectivity index (χ3v) is 4.50. The molecule has 2 aromatic rings. The van der Waals surface area contributed by atoms with E-state index in [9.17, 15) is 4.79 Å². The minimum absolute atomic E-state index is 0.000471. The topological polar surface area (TPSA) is 29.1 Å². The molecule has 0 saturated carbocycles. The van der Waals surface area contributed by atoms with Gasteiger partial charge in [-0.15, -0.1) is 0 Å². The summed E-state index contributed by atoms with van der Waals surface area (Å²) < 4.78 is 0.985. The zero-order valence-electron chi connectivity index (χ0n) is 12.6. The highest BCUT2D eigenvalue weighted by Gasteiger charge is 2.13. The third-order valence-electron chi connectivity index (χ3n) is 3.60. The van der Waals surface area contributed by atoms with E-state index in [0.717, 1.165) is 21.1 Å². The lowest BCUT2D eigenvalue weighted by Crippen LogP contribution is -2.27.